The van der Waals surface area contributed by atoms with Crippen molar-refractivity contribution in [2.24, 2.45) is 11.3 Å². The number of carbonyl (C=O) groups is 1. The Morgan fingerprint density at radius 1 is 1.21 bits per heavy atom. The topological polar surface area (TPSA) is 84.6 Å². The number of benzene rings is 1. The highest BCUT2D eigenvalue weighted by atomic mass is 16.5. The standard InChI is InChI=1S/C31H43N3O5/c1-8-14-38-21(15-20(4)9-2)19-39-26-13-11-12-22-28(26)32-34-18-27(31(5,6)7)33-17-23(30(36)37-10-3)25(35)16-24(33)29(22)34/h11-13,16-17,20-21,27H,8-10,14-15,18-19H2,1-7H3. The molecule has 0 spiro atoms. The van der Waals surface area contributed by atoms with Crippen LogP contribution in [-0.2, 0) is 16.0 Å². The van der Waals surface area contributed by atoms with Crippen LogP contribution in [0, 0.1) is 11.3 Å². The van der Waals surface area contributed by atoms with Crippen LogP contribution in [-0.4, -0.2) is 46.2 Å². The summed E-state index contributed by atoms with van der Waals surface area (Å²) in [5.41, 5.74) is 1.87. The number of hydrogen-bond donors (Lipinski definition) is 0. The molecule has 0 N–H and O–H groups in total. The van der Waals surface area contributed by atoms with Crippen molar-refractivity contribution in [3.8, 4) is 17.1 Å². The third-order valence-electron chi connectivity index (χ3n) is 7.58. The zero-order chi connectivity index (χ0) is 28.3. The molecule has 0 fully saturated rings. The zero-order valence-corrected chi connectivity index (χ0v) is 24.5. The lowest BCUT2D eigenvalue weighted by Crippen LogP contribution is -2.35. The molecule has 1 aromatic carbocycles. The molecule has 39 heavy (non-hydrogen) atoms. The van der Waals surface area contributed by atoms with E-state index in [0.29, 0.717) is 31.4 Å². The Bertz CT molecular complexity index is 1370. The van der Waals surface area contributed by atoms with Crippen LogP contribution in [0.15, 0.2) is 35.3 Å². The van der Waals surface area contributed by atoms with E-state index in [0.717, 1.165) is 41.6 Å². The summed E-state index contributed by atoms with van der Waals surface area (Å²) in [6.07, 6.45) is 4.68. The van der Waals surface area contributed by atoms with E-state index in [1.54, 1.807) is 19.2 Å². The zero-order valence-electron chi connectivity index (χ0n) is 24.5. The first-order valence-electron chi connectivity index (χ1n) is 14.3. The molecule has 0 bridgehead atoms. The first-order valence-corrected chi connectivity index (χ1v) is 14.3. The highest BCUT2D eigenvalue weighted by Crippen LogP contribution is 2.43. The van der Waals surface area contributed by atoms with Gasteiger partial charge in [-0.25, -0.2) is 4.79 Å². The van der Waals surface area contributed by atoms with Gasteiger partial charge in [-0.2, -0.15) is 5.10 Å². The first-order chi connectivity index (χ1) is 18.6. The van der Waals surface area contributed by atoms with Crippen LogP contribution in [0.1, 0.15) is 84.1 Å². The van der Waals surface area contributed by atoms with Crippen LogP contribution in [0.4, 0.5) is 0 Å². The SMILES string of the molecule is CCCOC(COc1cccc2c3n(nc12)CC(C(C)(C)C)n1cc(C(=O)OCC)c(=O)cc1-3)CC(C)CC. The van der Waals surface area contributed by atoms with E-state index in [2.05, 4.69) is 46.1 Å². The number of rotatable bonds is 11. The number of hydrogen-bond acceptors (Lipinski definition) is 6. The van der Waals surface area contributed by atoms with Gasteiger partial charge < -0.3 is 18.8 Å². The molecule has 3 atom stereocenters. The van der Waals surface area contributed by atoms with Crippen LogP contribution in [0.3, 0.4) is 0 Å². The van der Waals surface area contributed by atoms with E-state index in [1.165, 1.54) is 0 Å². The molecule has 0 aliphatic carbocycles. The lowest BCUT2D eigenvalue weighted by Gasteiger charge is -2.38. The third-order valence-corrected chi connectivity index (χ3v) is 7.58. The van der Waals surface area contributed by atoms with Crippen molar-refractivity contribution < 1.29 is 19.0 Å². The average Bonchev–Trinajstić information content (AvgIpc) is 3.28. The lowest BCUT2D eigenvalue weighted by molar-refractivity contribution is 0.00710. The van der Waals surface area contributed by atoms with Crippen LogP contribution in [0.25, 0.3) is 22.3 Å². The smallest absolute Gasteiger partial charge is 0.343 e. The summed E-state index contributed by atoms with van der Waals surface area (Å²) in [5, 5.41) is 5.90. The molecule has 0 amide bonds. The Kier molecular flexibility index (Phi) is 8.84. The second kappa shape index (κ2) is 11.9. The number of esters is 1. The average molecular weight is 538 g/mol. The Morgan fingerprint density at radius 2 is 1.97 bits per heavy atom. The van der Waals surface area contributed by atoms with Crippen LogP contribution in [0.2, 0.25) is 0 Å². The summed E-state index contributed by atoms with van der Waals surface area (Å²) in [4.78, 5) is 25.7. The monoisotopic (exact) mass is 537 g/mol. The lowest BCUT2D eigenvalue weighted by atomic mass is 9.85. The molecule has 1 aliphatic heterocycles. The van der Waals surface area contributed by atoms with Crippen molar-refractivity contribution in [3.63, 3.8) is 0 Å². The Hall–Kier alpha value is -3.13. The van der Waals surface area contributed by atoms with Crippen molar-refractivity contribution in [1.82, 2.24) is 14.3 Å². The third kappa shape index (κ3) is 6.06. The second-order valence-electron chi connectivity index (χ2n) is 11.7. The minimum absolute atomic E-state index is 0.0123. The fourth-order valence-electron chi connectivity index (χ4n) is 5.21. The van der Waals surface area contributed by atoms with E-state index in [1.807, 2.05) is 22.9 Å². The van der Waals surface area contributed by atoms with Gasteiger partial charge in [0.25, 0.3) is 0 Å². The summed E-state index contributed by atoms with van der Waals surface area (Å²) >= 11 is 0. The molecule has 0 radical (unpaired) electrons. The molecular formula is C31H43N3O5. The van der Waals surface area contributed by atoms with Gasteiger partial charge >= 0.3 is 5.97 Å². The molecule has 4 rings (SSSR count). The van der Waals surface area contributed by atoms with Gasteiger partial charge in [-0.3, -0.25) is 9.48 Å². The van der Waals surface area contributed by atoms with E-state index in [9.17, 15) is 9.59 Å². The second-order valence-corrected chi connectivity index (χ2v) is 11.7. The van der Waals surface area contributed by atoms with Crippen LogP contribution >= 0.6 is 0 Å². The number of ether oxygens (including phenoxy) is 3. The van der Waals surface area contributed by atoms with Gasteiger partial charge in [0.05, 0.1) is 36.7 Å². The molecule has 8 nitrogen and oxygen atoms in total. The number of pyridine rings is 1. The molecular weight excluding hydrogens is 494 g/mol. The van der Waals surface area contributed by atoms with Crippen molar-refractivity contribution in [2.45, 2.75) is 86.4 Å². The highest BCUT2D eigenvalue weighted by Gasteiger charge is 2.35. The minimum atomic E-state index is -0.595. The number of carbonyl (C=O) groups excluding carboxylic acids is 1. The Balaban J connectivity index is 1.76. The van der Waals surface area contributed by atoms with Gasteiger partial charge in [0.1, 0.15) is 23.4 Å². The molecule has 212 valence electrons. The van der Waals surface area contributed by atoms with Crippen molar-refractivity contribution >= 4 is 16.9 Å². The molecule has 8 heteroatoms. The molecule has 3 aromatic rings. The van der Waals surface area contributed by atoms with Gasteiger partial charge in [-0.15, -0.1) is 0 Å². The predicted octanol–water partition coefficient (Wildman–Crippen LogP) is 6.25. The van der Waals surface area contributed by atoms with Crippen molar-refractivity contribution in [1.29, 1.82) is 0 Å². The summed E-state index contributed by atoms with van der Waals surface area (Å²) < 4.78 is 21.7. The number of aromatic nitrogens is 3. The Morgan fingerprint density at radius 3 is 2.64 bits per heavy atom. The van der Waals surface area contributed by atoms with Gasteiger partial charge in [-0.1, -0.05) is 60.1 Å². The normalized spacial score (nSPS) is 16.4. The quantitative estimate of drug-likeness (QED) is 0.269. The largest absolute Gasteiger partial charge is 0.489 e. The van der Waals surface area contributed by atoms with E-state index in [4.69, 9.17) is 19.3 Å². The number of nitrogens with zero attached hydrogens (tertiary/aromatic N) is 3. The number of fused-ring (bicyclic) bond motifs is 5. The molecule has 2 aromatic heterocycles. The summed E-state index contributed by atoms with van der Waals surface area (Å²) in [6, 6.07) is 7.43. The van der Waals surface area contributed by atoms with Crippen LogP contribution < -0.4 is 10.2 Å². The van der Waals surface area contributed by atoms with E-state index < -0.39 is 5.97 Å². The minimum Gasteiger partial charge on any atom is -0.489 e. The predicted molar refractivity (Wildman–Crippen MR) is 153 cm³/mol. The van der Waals surface area contributed by atoms with Gasteiger partial charge in [0, 0.05) is 24.3 Å². The van der Waals surface area contributed by atoms with Crippen LogP contribution in [0.5, 0.6) is 5.75 Å². The fraction of sp³-hybridized carbons (Fsp3) is 0.581. The molecule has 0 saturated carbocycles. The van der Waals surface area contributed by atoms with Crippen molar-refractivity contribution in [2.75, 3.05) is 19.8 Å². The van der Waals surface area contributed by atoms with Gasteiger partial charge in [0.15, 0.2) is 5.43 Å². The Labute approximate surface area is 231 Å². The highest BCUT2D eigenvalue weighted by molar-refractivity contribution is 5.97. The summed E-state index contributed by atoms with van der Waals surface area (Å²) in [6.45, 7) is 16.7. The maximum absolute atomic E-state index is 13.1. The summed E-state index contributed by atoms with van der Waals surface area (Å²) in [7, 11) is 0. The van der Waals surface area contributed by atoms with Gasteiger partial charge in [0.2, 0.25) is 0 Å². The van der Waals surface area contributed by atoms with E-state index >= 15 is 0 Å². The summed E-state index contributed by atoms with van der Waals surface area (Å²) in [5.74, 6) is 0.658. The molecule has 3 unspecified atom stereocenters. The molecule has 3 heterocycles. The maximum Gasteiger partial charge on any atom is 0.343 e. The van der Waals surface area contributed by atoms with E-state index in [-0.39, 0.29) is 35.2 Å². The molecule has 1 aliphatic rings. The van der Waals surface area contributed by atoms with Crippen molar-refractivity contribution in [3.05, 3.63) is 46.2 Å². The molecule has 0 saturated heterocycles. The fourth-order valence-corrected chi connectivity index (χ4v) is 5.21. The van der Waals surface area contributed by atoms with Gasteiger partial charge in [-0.05, 0) is 37.2 Å². The maximum atomic E-state index is 13.1. The first kappa shape index (κ1) is 28.9.